The van der Waals surface area contributed by atoms with Crippen LogP contribution in [0.15, 0.2) is 29.3 Å². The van der Waals surface area contributed by atoms with Crippen molar-refractivity contribution in [2.75, 3.05) is 33.7 Å². The number of nitrogens with one attached hydrogen (secondary N) is 2. The van der Waals surface area contributed by atoms with Crippen LogP contribution >= 0.6 is 0 Å². The van der Waals surface area contributed by atoms with Gasteiger partial charge in [0.1, 0.15) is 5.82 Å². The number of nitrogens with zero attached hydrogens (tertiary/aromatic N) is 2. The van der Waals surface area contributed by atoms with E-state index in [1.54, 1.807) is 13.1 Å². The predicted molar refractivity (Wildman–Crippen MR) is 96.5 cm³/mol. The van der Waals surface area contributed by atoms with Crippen molar-refractivity contribution in [1.29, 1.82) is 0 Å². The van der Waals surface area contributed by atoms with Crippen molar-refractivity contribution < 1.29 is 4.39 Å². The Hall–Kier alpha value is -1.62. The van der Waals surface area contributed by atoms with Crippen LogP contribution in [0.2, 0.25) is 0 Å². The van der Waals surface area contributed by atoms with Crippen LogP contribution in [-0.4, -0.2) is 50.6 Å². The third-order valence-corrected chi connectivity index (χ3v) is 3.98. The summed E-state index contributed by atoms with van der Waals surface area (Å²) in [6.45, 7) is 7.08. The smallest absolute Gasteiger partial charge is 0.190 e. The number of unbranched alkanes of at least 4 members (excludes halogenated alkanes) is 1. The minimum Gasteiger partial charge on any atom is -0.356 e. The Kier molecular flexibility index (Phi) is 9.29. The molecule has 0 atom stereocenters. The molecule has 0 aliphatic carbocycles. The molecule has 23 heavy (non-hydrogen) atoms. The molecule has 0 aliphatic heterocycles. The Morgan fingerprint density at radius 2 is 1.87 bits per heavy atom. The molecule has 0 aliphatic rings. The molecular formula is C18H31FN4. The second-order valence-corrected chi connectivity index (χ2v) is 6.05. The van der Waals surface area contributed by atoms with Crippen LogP contribution in [0.1, 0.15) is 32.3 Å². The van der Waals surface area contributed by atoms with Crippen LogP contribution in [0, 0.1) is 5.82 Å². The van der Waals surface area contributed by atoms with Crippen LogP contribution < -0.4 is 10.6 Å². The van der Waals surface area contributed by atoms with Gasteiger partial charge in [0.2, 0.25) is 0 Å². The van der Waals surface area contributed by atoms with E-state index in [9.17, 15) is 4.39 Å². The number of benzene rings is 1. The molecule has 130 valence electrons. The number of aliphatic imine (C=N–C) groups is 1. The first kappa shape index (κ1) is 19.4. The molecule has 0 aromatic heterocycles. The summed E-state index contributed by atoms with van der Waals surface area (Å²) in [5.74, 6) is 0.630. The van der Waals surface area contributed by atoms with Gasteiger partial charge in [0, 0.05) is 26.2 Å². The van der Waals surface area contributed by atoms with E-state index in [1.807, 2.05) is 12.1 Å². The lowest BCUT2D eigenvalue weighted by Crippen LogP contribution is -2.39. The van der Waals surface area contributed by atoms with Crippen molar-refractivity contribution >= 4 is 5.96 Å². The fourth-order valence-electron chi connectivity index (χ4n) is 2.19. The van der Waals surface area contributed by atoms with Gasteiger partial charge < -0.3 is 15.5 Å². The first-order chi connectivity index (χ1) is 11.0. The molecule has 0 heterocycles. The summed E-state index contributed by atoms with van der Waals surface area (Å²) in [6, 6.07) is 7.48. The van der Waals surface area contributed by atoms with Gasteiger partial charge in [-0.2, -0.15) is 0 Å². The largest absolute Gasteiger partial charge is 0.356 e. The van der Waals surface area contributed by atoms with Gasteiger partial charge in [-0.3, -0.25) is 4.99 Å². The van der Waals surface area contributed by atoms with Crippen molar-refractivity contribution in [3.63, 3.8) is 0 Å². The Morgan fingerprint density at radius 3 is 2.52 bits per heavy atom. The number of hydrogen-bond acceptors (Lipinski definition) is 2. The first-order valence-electron chi connectivity index (χ1n) is 8.42. The Labute approximate surface area is 140 Å². The highest BCUT2D eigenvalue weighted by Gasteiger charge is 2.03. The molecule has 0 saturated carbocycles. The summed E-state index contributed by atoms with van der Waals surface area (Å²) < 4.78 is 13.5. The van der Waals surface area contributed by atoms with Gasteiger partial charge in [-0.05, 0) is 58.3 Å². The van der Waals surface area contributed by atoms with Gasteiger partial charge in [-0.25, -0.2) is 4.39 Å². The topological polar surface area (TPSA) is 39.7 Å². The zero-order chi connectivity index (χ0) is 17.1. The van der Waals surface area contributed by atoms with Gasteiger partial charge in [0.15, 0.2) is 5.96 Å². The molecule has 0 amide bonds. The minimum absolute atomic E-state index is 0.147. The van der Waals surface area contributed by atoms with E-state index in [0.717, 1.165) is 37.5 Å². The molecule has 0 spiro atoms. The van der Waals surface area contributed by atoms with E-state index in [2.05, 4.69) is 41.4 Å². The van der Waals surface area contributed by atoms with Crippen LogP contribution in [0.3, 0.4) is 0 Å². The summed E-state index contributed by atoms with van der Waals surface area (Å²) in [5, 5.41) is 6.52. The fourth-order valence-corrected chi connectivity index (χ4v) is 2.19. The highest BCUT2D eigenvalue weighted by atomic mass is 19.1. The van der Waals surface area contributed by atoms with Crippen molar-refractivity contribution in [1.82, 2.24) is 15.5 Å². The van der Waals surface area contributed by atoms with Gasteiger partial charge >= 0.3 is 0 Å². The van der Waals surface area contributed by atoms with Crippen molar-refractivity contribution in [2.45, 2.75) is 39.2 Å². The third kappa shape index (κ3) is 7.98. The van der Waals surface area contributed by atoms with Crippen molar-refractivity contribution in [2.24, 2.45) is 4.99 Å². The molecule has 0 bridgehead atoms. The average Bonchev–Trinajstić information content (AvgIpc) is 2.54. The monoisotopic (exact) mass is 322 g/mol. The van der Waals surface area contributed by atoms with E-state index < -0.39 is 0 Å². The number of halogens is 1. The van der Waals surface area contributed by atoms with Gasteiger partial charge in [0.05, 0.1) is 0 Å². The maximum absolute atomic E-state index is 13.5. The zero-order valence-electron chi connectivity index (χ0n) is 14.9. The lowest BCUT2D eigenvalue weighted by atomic mass is 10.1. The molecule has 0 radical (unpaired) electrons. The van der Waals surface area contributed by atoms with Crippen LogP contribution in [0.25, 0.3) is 0 Å². The van der Waals surface area contributed by atoms with E-state index in [-0.39, 0.29) is 5.82 Å². The maximum atomic E-state index is 13.5. The molecule has 0 saturated heterocycles. The number of rotatable bonds is 9. The van der Waals surface area contributed by atoms with Crippen molar-refractivity contribution in [3.8, 4) is 0 Å². The summed E-state index contributed by atoms with van der Waals surface area (Å²) >= 11 is 0. The van der Waals surface area contributed by atoms with Crippen LogP contribution in [0.5, 0.6) is 0 Å². The lowest BCUT2D eigenvalue weighted by Gasteiger charge is -2.20. The molecular weight excluding hydrogens is 291 g/mol. The number of guanidine groups is 1. The van der Waals surface area contributed by atoms with Gasteiger partial charge in [-0.15, -0.1) is 0 Å². The predicted octanol–water partition coefficient (Wildman–Crippen LogP) is 2.65. The lowest BCUT2D eigenvalue weighted by molar-refractivity contribution is 0.268. The summed E-state index contributed by atoms with van der Waals surface area (Å²) in [6.07, 6.45) is 2.91. The molecule has 1 aromatic carbocycles. The molecule has 2 N–H and O–H groups in total. The maximum Gasteiger partial charge on any atom is 0.190 e. The molecule has 0 unspecified atom stereocenters. The Bertz CT molecular complexity index is 474. The highest BCUT2D eigenvalue weighted by molar-refractivity contribution is 5.79. The van der Waals surface area contributed by atoms with E-state index in [0.29, 0.717) is 19.0 Å². The number of hydrogen-bond donors (Lipinski definition) is 2. The minimum atomic E-state index is -0.147. The fraction of sp³-hybridized carbons (Fsp3) is 0.611. The Morgan fingerprint density at radius 1 is 1.17 bits per heavy atom. The quantitative estimate of drug-likeness (QED) is 0.417. The third-order valence-electron chi connectivity index (χ3n) is 3.98. The Balaban J connectivity index is 2.16. The molecule has 1 aromatic rings. The van der Waals surface area contributed by atoms with Crippen LogP contribution in [-0.2, 0) is 6.42 Å². The molecule has 4 nitrogen and oxygen atoms in total. The van der Waals surface area contributed by atoms with E-state index in [1.165, 1.54) is 6.07 Å². The second kappa shape index (κ2) is 11.0. The van der Waals surface area contributed by atoms with Crippen LogP contribution in [0.4, 0.5) is 4.39 Å². The van der Waals surface area contributed by atoms with Gasteiger partial charge in [-0.1, -0.05) is 18.2 Å². The highest BCUT2D eigenvalue weighted by Crippen LogP contribution is 2.06. The normalized spacial score (nSPS) is 12.0. The average molecular weight is 322 g/mol. The van der Waals surface area contributed by atoms with E-state index in [4.69, 9.17) is 0 Å². The molecule has 0 fully saturated rings. The second-order valence-electron chi connectivity index (χ2n) is 6.05. The SMILES string of the molecule is CN=C(NCCCCN(C)C(C)C)NCCc1ccccc1F. The summed E-state index contributed by atoms with van der Waals surface area (Å²) in [4.78, 5) is 6.54. The molecule has 5 heteroatoms. The summed E-state index contributed by atoms with van der Waals surface area (Å²) in [7, 11) is 3.91. The summed E-state index contributed by atoms with van der Waals surface area (Å²) in [5.41, 5.74) is 0.729. The first-order valence-corrected chi connectivity index (χ1v) is 8.42. The van der Waals surface area contributed by atoms with E-state index >= 15 is 0 Å². The standard InChI is InChI=1S/C18H31FN4/c1-15(2)23(4)14-8-7-12-21-18(20-3)22-13-11-16-9-5-6-10-17(16)19/h5-6,9-10,15H,7-8,11-14H2,1-4H3,(H2,20,21,22). The van der Waals surface area contributed by atoms with Gasteiger partial charge in [0.25, 0.3) is 0 Å². The zero-order valence-corrected chi connectivity index (χ0v) is 14.9. The molecule has 1 rings (SSSR count). The van der Waals surface area contributed by atoms with Crippen molar-refractivity contribution in [3.05, 3.63) is 35.6 Å².